The standard InChI is InChI=1S/C19H17NO/c1-12-7-6-9-16(14(12)3)19(21)18-11-13(2)15-8-4-5-10-17(15)20-18/h4-11H,1-3H3. The minimum absolute atomic E-state index is 0.00921. The van der Waals surface area contributed by atoms with Crippen molar-refractivity contribution in [1.29, 1.82) is 0 Å². The van der Waals surface area contributed by atoms with E-state index >= 15 is 0 Å². The van der Waals surface area contributed by atoms with E-state index in [1.54, 1.807) is 0 Å². The van der Waals surface area contributed by atoms with Gasteiger partial charge in [0, 0.05) is 10.9 Å². The second-order valence-electron chi connectivity index (χ2n) is 5.42. The summed E-state index contributed by atoms with van der Waals surface area (Å²) in [7, 11) is 0. The van der Waals surface area contributed by atoms with Crippen molar-refractivity contribution in [3.8, 4) is 0 Å². The molecule has 104 valence electrons. The summed E-state index contributed by atoms with van der Waals surface area (Å²) >= 11 is 0. The third kappa shape index (κ3) is 2.33. The van der Waals surface area contributed by atoms with Crippen LogP contribution in [0.4, 0.5) is 0 Å². The Hall–Kier alpha value is -2.48. The normalized spacial score (nSPS) is 10.8. The molecular weight excluding hydrogens is 258 g/mol. The van der Waals surface area contributed by atoms with Crippen molar-refractivity contribution >= 4 is 16.7 Å². The molecule has 2 aromatic carbocycles. The number of hydrogen-bond donors (Lipinski definition) is 0. The van der Waals surface area contributed by atoms with Crippen molar-refractivity contribution in [2.24, 2.45) is 0 Å². The number of pyridine rings is 1. The third-order valence-corrected chi connectivity index (χ3v) is 4.00. The van der Waals surface area contributed by atoms with Gasteiger partial charge in [-0.05, 0) is 49.6 Å². The van der Waals surface area contributed by atoms with Gasteiger partial charge in [-0.15, -0.1) is 0 Å². The Balaban J connectivity index is 2.16. The molecule has 0 atom stereocenters. The number of aromatic nitrogens is 1. The zero-order chi connectivity index (χ0) is 15.0. The number of carbonyl (C=O) groups is 1. The summed E-state index contributed by atoms with van der Waals surface area (Å²) < 4.78 is 0. The summed E-state index contributed by atoms with van der Waals surface area (Å²) in [6, 6.07) is 15.6. The van der Waals surface area contributed by atoms with Gasteiger partial charge < -0.3 is 0 Å². The molecule has 0 radical (unpaired) electrons. The van der Waals surface area contributed by atoms with Crippen LogP contribution in [-0.2, 0) is 0 Å². The predicted molar refractivity (Wildman–Crippen MR) is 85.8 cm³/mol. The molecule has 21 heavy (non-hydrogen) atoms. The lowest BCUT2D eigenvalue weighted by Gasteiger charge is -2.09. The maximum Gasteiger partial charge on any atom is 0.211 e. The van der Waals surface area contributed by atoms with E-state index in [4.69, 9.17) is 0 Å². The highest BCUT2D eigenvalue weighted by molar-refractivity contribution is 6.09. The molecular formula is C19H17NO. The molecule has 0 aliphatic rings. The average molecular weight is 275 g/mol. The number of nitrogens with zero attached hydrogens (tertiary/aromatic N) is 1. The fraction of sp³-hybridized carbons (Fsp3) is 0.158. The van der Waals surface area contributed by atoms with Crippen LogP contribution < -0.4 is 0 Å². The first-order valence-electron chi connectivity index (χ1n) is 7.05. The maximum absolute atomic E-state index is 12.8. The van der Waals surface area contributed by atoms with Crippen LogP contribution in [0.1, 0.15) is 32.7 Å². The van der Waals surface area contributed by atoms with Gasteiger partial charge in [0.25, 0.3) is 0 Å². The molecule has 3 aromatic rings. The molecule has 2 heteroatoms. The summed E-state index contributed by atoms with van der Waals surface area (Å²) in [6.45, 7) is 6.02. The summed E-state index contributed by atoms with van der Waals surface area (Å²) in [5, 5.41) is 1.09. The van der Waals surface area contributed by atoms with E-state index in [2.05, 4.69) is 4.98 Å². The summed E-state index contributed by atoms with van der Waals surface area (Å²) in [6.07, 6.45) is 0. The van der Waals surface area contributed by atoms with Crippen LogP contribution in [0, 0.1) is 20.8 Å². The second kappa shape index (κ2) is 5.13. The lowest BCUT2D eigenvalue weighted by molar-refractivity contribution is 0.103. The molecule has 0 aliphatic carbocycles. The highest BCUT2D eigenvalue weighted by Gasteiger charge is 2.15. The van der Waals surface area contributed by atoms with Crippen molar-refractivity contribution in [2.45, 2.75) is 20.8 Å². The molecule has 0 amide bonds. The number of carbonyl (C=O) groups excluding carboxylic acids is 1. The van der Waals surface area contributed by atoms with E-state index in [-0.39, 0.29) is 5.78 Å². The summed E-state index contributed by atoms with van der Waals surface area (Å²) in [5.41, 5.74) is 5.34. The molecule has 3 rings (SSSR count). The number of aryl methyl sites for hydroxylation is 2. The molecule has 0 N–H and O–H groups in total. The van der Waals surface area contributed by atoms with Crippen molar-refractivity contribution in [1.82, 2.24) is 4.98 Å². The number of hydrogen-bond acceptors (Lipinski definition) is 2. The highest BCUT2D eigenvalue weighted by atomic mass is 16.1. The van der Waals surface area contributed by atoms with Gasteiger partial charge in [0.2, 0.25) is 5.78 Å². The third-order valence-electron chi connectivity index (χ3n) is 4.00. The fourth-order valence-electron chi connectivity index (χ4n) is 2.60. The minimum atomic E-state index is -0.00921. The van der Waals surface area contributed by atoms with Crippen molar-refractivity contribution in [3.63, 3.8) is 0 Å². The Morgan fingerprint density at radius 2 is 1.67 bits per heavy atom. The molecule has 0 saturated carbocycles. The fourth-order valence-corrected chi connectivity index (χ4v) is 2.60. The monoisotopic (exact) mass is 275 g/mol. The first kappa shape index (κ1) is 13.5. The van der Waals surface area contributed by atoms with E-state index in [1.165, 1.54) is 0 Å². The Labute approximate surface area is 124 Å². The lowest BCUT2D eigenvalue weighted by Crippen LogP contribution is -2.07. The topological polar surface area (TPSA) is 30.0 Å². The molecule has 1 heterocycles. The van der Waals surface area contributed by atoms with Gasteiger partial charge in [0.05, 0.1) is 5.52 Å². The van der Waals surface area contributed by atoms with E-state index < -0.39 is 0 Å². The Bertz CT molecular complexity index is 849. The lowest BCUT2D eigenvalue weighted by atomic mass is 9.97. The zero-order valence-corrected chi connectivity index (χ0v) is 12.5. The first-order chi connectivity index (χ1) is 10.1. The van der Waals surface area contributed by atoms with Crippen LogP contribution in [0.5, 0.6) is 0 Å². The molecule has 2 nitrogen and oxygen atoms in total. The van der Waals surface area contributed by atoms with Crippen LogP contribution >= 0.6 is 0 Å². The maximum atomic E-state index is 12.8. The zero-order valence-electron chi connectivity index (χ0n) is 12.5. The smallest absolute Gasteiger partial charge is 0.211 e. The largest absolute Gasteiger partial charge is 0.287 e. The van der Waals surface area contributed by atoms with Gasteiger partial charge in [-0.2, -0.15) is 0 Å². The number of rotatable bonds is 2. The number of fused-ring (bicyclic) bond motifs is 1. The minimum Gasteiger partial charge on any atom is -0.287 e. The highest BCUT2D eigenvalue weighted by Crippen LogP contribution is 2.21. The summed E-state index contributed by atoms with van der Waals surface area (Å²) in [5.74, 6) is -0.00921. The van der Waals surface area contributed by atoms with E-state index in [1.807, 2.05) is 69.3 Å². The Kier molecular flexibility index (Phi) is 3.30. The van der Waals surface area contributed by atoms with Crippen molar-refractivity contribution < 1.29 is 4.79 Å². The molecule has 0 unspecified atom stereocenters. The van der Waals surface area contributed by atoms with Crippen LogP contribution in [0.15, 0.2) is 48.5 Å². The molecule has 0 fully saturated rings. The Morgan fingerprint density at radius 1 is 0.905 bits per heavy atom. The van der Waals surface area contributed by atoms with Gasteiger partial charge >= 0.3 is 0 Å². The quantitative estimate of drug-likeness (QED) is 0.649. The van der Waals surface area contributed by atoms with E-state index in [0.717, 1.165) is 33.2 Å². The van der Waals surface area contributed by atoms with Crippen LogP contribution in [0.25, 0.3) is 10.9 Å². The second-order valence-corrected chi connectivity index (χ2v) is 5.42. The number of benzene rings is 2. The number of para-hydroxylation sites is 1. The molecule has 0 bridgehead atoms. The number of ketones is 1. The Morgan fingerprint density at radius 3 is 2.48 bits per heavy atom. The summed E-state index contributed by atoms with van der Waals surface area (Å²) in [4.78, 5) is 17.3. The van der Waals surface area contributed by atoms with Gasteiger partial charge in [-0.1, -0.05) is 36.4 Å². The van der Waals surface area contributed by atoms with Crippen LogP contribution in [0.3, 0.4) is 0 Å². The van der Waals surface area contributed by atoms with Crippen LogP contribution in [-0.4, -0.2) is 10.8 Å². The predicted octanol–water partition coefficient (Wildman–Crippen LogP) is 4.39. The molecule has 1 aromatic heterocycles. The first-order valence-corrected chi connectivity index (χ1v) is 7.05. The van der Waals surface area contributed by atoms with Gasteiger partial charge in [0.15, 0.2) is 0 Å². The van der Waals surface area contributed by atoms with Gasteiger partial charge in [0.1, 0.15) is 5.69 Å². The molecule has 0 saturated heterocycles. The van der Waals surface area contributed by atoms with Crippen molar-refractivity contribution in [2.75, 3.05) is 0 Å². The molecule has 0 spiro atoms. The van der Waals surface area contributed by atoms with E-state index in [9.17, 15) is 4.79 Å². The SMILES string of the molecule is Cc1cccc(C(=O)c2cc(C)c3ccccc3n2)c1C. The average Bonchev–Trinajstić information content (AvgIpc) is 2.49. The van der Waals surface area contributed by atoms with Gasteiger partial charge in [-0.3, -0.25) is 4.79 Å². The van der Waals surface area contributed by atoms with Crippen molar-refractivity contribution in [3.05, 3.63) is 76.5 Å². The van der Waals surface area contributed by atoms with E-state index in [0.29, 0.717) is 5.69 Å². The van der Waals surface area contributed by atoms with Gasteiger partial charge in [-0.25, -0.2) is 4.98 Å². The molecule has 0 aliphatic heterocycles. The van der Waals surface area contributed by atoms with Crippen LogP contribution in [0.2, 0.25) is 0 Å².